The number of carbonyl (C=O) groups excluding carboxylic acids is 2. The van der Waals surface area contributed by atoms with Crippen molar-refractivity contribution in [3.8, 4) is 0 Å². The zero-order valence-electron chi connectivity index (χ0n) is 10.2. The molecule has 0 aliphatic carbocycles. The number of carbonyl (C=O) groups is 2. The Bertz CT molecular complexity index is 154. The average molecular weight is 270 g/mol. The maximum absolute atomic E-state index is 9.59. The van der Waals surface area contributed by atoms with E-state index >= 15 is 0 Å². The number of aliphatic hydroxyl groups is 2. The summed E-state index contributed by atoms with van der Waals surface area (Å²) < 4.78 is 18.2. The van der Waals surface area contributed by atoms with Crippen LogP contribution in [0.15, 0.2) is 0 Å². The van der Waals surface area contributed by atoms with Crippen LogP contribution in [0.4, 0.5) is 0 Å². The molecule has 0 aromatic heterocycles. The maximum Gasteiger partial charge on any atom is 0.293 e. The molecule has 8 heteroatoms. The highest BCUT2D eigenvalue weighted by Crippen LogP contribution is 1.76. The van der Waals surface area contributed by atoms with E-state index in [0.29, 0.717) is 39.4 Å². The predicted molar refractivity (Wildman–Crippen MR) is 62.0 cm³/mol. The van der Waals surface area contributed by atoms with Gasteiger partial charge in [-0.1, -0.05) is 0 Å². The fraction of sp³-hybridized carbons (Fsp3) is 0.800. The second-order valence-electron chi connectivity index (χ2n) is 2.61. The van der Waals surface area contributed by atoms with Gasteiger partial charge in [-0.3, -0.25) is 9.59 Å². The lowest BCUT2D eigenvalue weighted by atomic mass is 10.7. The summed E-state index contributed by atoms with van der Waals surface area (Å²) in [7, 11) is 0. The van der Waals surface area contributed by atoms with Crippen LogP contribution in [0, 0.1) is 0 Å². The van der Waals surface area contributed by atoms with Crippen molar-refractivity contribution in [3.05, 3.63) is 0 Å². The molecule has 0 fully saturated rings. The summed E-state index contributed by atoms with van der Waals surface area (Å²) in [6, 6.07) is 0. The van der Waals surface area contributed by atoms with Gasteiger partial charge in [0.05, 0.1) is 39.6 Å². The van der Waals surface area contributed by atoms with E-state index in [1.807, 2.05) is 0 Å². The minimum Gasteiger partial charge on any atom is -0.465 e. The Labute approximate surface area is 107 Å². The lowest BCUT2D eigenvalue weighted by molar-refractivity contribution is -0.131. The molecule has 110 valence electrons. The first kappa shape index (κ1) is 19.1. The van der Waals surface area contributed by atoms with Crippen molar-refractivity contribution < 1.29 is 40.2 Å². The van der Waals surface area contributed by atoms with Gasteiger partial charge >= 0.3 is 0 Å². The molecular formula is C10H22O8. The molecule has 2 N–H and O–H groups in total. The zero-order valence-corrected chi connectivity index (χ0v) is 10.2. The summed E-state index contributed by atoms with van der Waals surface area (Å²) in [6.45, 7) is 2.49. The second-order valence-corrected chi connectivity index (χ2v) is 2.61. The van der Waals surface area contributed by atoms with Crippen molar-refractivity contribution in [2.75, 3.05) is 52.9 Å². The van der Waals surface area contributed by atoms with E-state index in [1.54, 1.807) is 0 Å². The van der Waals surface area contributed by atoms with Gasteiger partial charge in [0, 0.05) is 1.43 Å². The molecule has 0 saturated heterocycles. The molecule has 0 aromatic carbocycles. The first-order chi connectivity index (χ1) is 8.83. The molecule has 18 heavy (non-hydrogen) atoms. The lowest BCUT2D eigenvalue weighted by Crippen LogP contribution is -2.08. The van der Waals surface area contributed by atoms with Gasteiger partial charge in [0.2, 0.25) is 0 Å². The number of rotatable bonds is 12. The molecule has 0 unspecified atom stereocenters. The topological polar surface area (TPSA) is 112 Å². The summed E-state index contributed by atoms with van der Waals surface area (Å²) in [5.41, 5.74) is 0. The van der Waals surface area contributed by atoms with Gasteiger partial charge in [0.1, 0.15) is 13.2 Å². The molecule has 0 spiro atoms. The Hall–Kier alpha value is -1.22. The molecule has 0 rings (SSSR count). The summed E-state index contributed by atoms with van der Waals surface area (Å²) in [5, 5.41) is 16.2. The van der Waals surface area contributed by atoms with Crippen LogP contribution >= 0.6 is 0 Å². The molecule has 0 heterocycles. The molecule has 0 radical (unpaired) electrons. The third-order valence-electron chi connectivity index (χ3n) is 1.30. The van der Waals surface area contributed by atoms with Gasteiger partial charge in [0.25, 0.3) is 12.9 Å². The van der Waals surface area contributed by atoms with Gasteiger partial charge in [-0.25, -0.2) is 0 Å². The van der Waals surface area contributed by atoms with Crippen molar-refractivity contribution in [2.45, 2.75) is 0 Å². The standard InChI is InChI=1S/C6H10O5.C4H10O3.H2/c7-5-10-3-1-9-2-4-11-6-8;5-1-3-7-4-2-6;/h5-6H,1-4H2;5-6H,1-4H2;1H. The van der Waals surface area contributed by atoms with Gasteiger partial charge < -0.3 is 29.2 Å². The Morgan fingerprint density at radius 3 is 1.44 bits per heavy atom. The van der Waals surface area contributed by atoms with Crippen molar-refractivity contribution in [1.29, 1.82) is 0 Å². The summed E-state index contributed by atoms with van der Waals surface area (Å²) in [4.78, 5) is 19.2. The van der Waals surface area contributed by atoms with Crippen molar-refractivity contribution in [2.24, 2.45) is 0 Å². The van der Waals surface area contributed by atoms with Gasteiger partial charge in [-0.15, -0.1) is 0 Å². The average Bonchev–Trinajstić information content (AvgIpc) is 2.39. The summed E-state index contributed by atoms with van der Waals surface area (Å²) >= 11 is 0. The van der Waals surface area contributed by atoms with E-state index < -0.39 is 0 Å². The Morgan fingerprint density at radius 2 is 1.11 bits per heavy atom. The van der Waals surface area contributed by atoms with E-state index in [9.17, 15) is 9.59 Å². The van der Waals surface area contributed by atoms with Gasteiger partial charge in [0.15, 0.2) is 0 Å². The predicted octanol–water partition coefficient (Wildman–Crippen LogP) is -1.42. The Morgan fingerprint density at radius 1 is 0.722 bits per heavy atom. The van der Waals surface area contributed by atoms with Crippen LogP contribution < -0.4 is 0 Å². The third kappa shape index (κ3) is 24.2. The largest absolute Gasteiger partial charge is 0.465 e. The molecule has 0 aliphatic heterocycles. The fourth-order valence-electron chi connectivity index (χ4n) is 0.644. The molecule has 0 bridgehead atoms. The summed E-state index contributed by atoms with van der Waals surface area (Å²) in [6.07, 6.45) is 0. The number of aliphatic hydroxyl groups excluding tert-OH is 2. The van der Waals surface area contributed by atoms with Crippen LogP contribution in [0.5, 0.6) is 0 Å². The molecule has 0 amide bonds. The van der Waals surface area contributed by atoms with E-state index in [4.69, 9.17) is 14.9 Å². The minimum atomic E-state index is 0. The molecule has 0 atom stereocenters. The maximum atomic E-state index is 9.59. The highest BCUT2D eigenvalue weighted by atomic mass is 16.6. The van der Waals surface area contributed by atoms with Crippen LogP contribution in [0.1, 0.15) is 1.43 Å². The van der Waals surface area contributed by atoms with Gasteiger partial charge in [-0.2, -0.15) is 0 Å². The molecule has 0 aromatic rings. The van der Waals surface area contributed by atoms with Crippen LogP contribution in [-0.2, 0) is 28.5 Å². The first-order valence-electron chi connectivity index (χ1n) is 5.31. The molecule has 8 nitrogen and oxygen atoms in total. The monoisotopic (exact) mass is 270 g/mol. The zero-order chi connectivity index (χ0) is 13.9. The number of hydrogen-bond donors (Lipinski definition) is 2. The quantitative estimate of drug-likeness (QED) is 0.328. The minimum absolute atomic E-state index is 0. The SMILES string of the molecule is O=COCCOCCOC=O.OCCOCCO.[HH]. The molecule has 0 saturated carbocycles. The highest BCUT2D eigenvalue weighted by Gasteiger charge is 1.87. The van der Waals surface area contributed by atoms with Crippen LogP contribution in [0.2, 0.25) is 0 Å². The fourth-order valence-corrected chi connectivity index (χ4v) is 0.644. The number of ether oxygens (including phenoxy) is 4. The van der Waals surface area contributed by atoms with Crippen LogP contribution in [0.25, 0.3) is 0 Å². The van der Waals surface area contributed by atoms with Crippen LogP contribution in [-0.4, -0.2) is 76.0 Å². The molecular weight excluding hydrogens is 248 g/mol. The molecule has 0 aliphatic rings. The Kier molecular flexibility index (Phi) is 22.4. The first-order valence-corrected chi connectivity index (χ1v) is 5.31. The lowest BCUT2D eigenvalue weighted by Gasteiger charge is -2.00. The second kappa shape index (κ2) is 21.1. The van der Waals surface area contributed by atoms with Crippen LogP contribution in [0.3, 0.4) is 0 Å². The third-order valence-corrected chi connectivity index (χ3v) is 1.30. The van der Waals surface area contributed by atoms with E-state index in [-0.39, 0.29) is 27.9 Å². The van der Waals surface area contributed by atoms with Crippen molar-refractivity contribution >= 4 is 12.9 Å². The van der Waals surface area contributed by atoms with E-state index in [0.717, 1.165) is 0 Å². The van der Waals surface area contributed by atoms with E-state index in [2.05, 4.69) is 14.2 Å². The summed E-state index contributed by atoms with van der Waals surface area (Å²) in [5.74, 6) is 0. The normalized spacial score (nSPS) is 9.00. The van der Waals surface area contributed by atoms with Gasteiger partial charge in [-0.05, 0) is 0 Å². The van der Waals surface area contributed by atoms with E-state index in [1.165, 1.54) is 0 Å². The van der Waals surface area contributed by atoms with Crippen molar-refractivity contribution in [1.82, 2.24) is 0 Å². The number of hydrogen-bond acceptors (Lipinski definition) is 8. The Balaban J connectivity index is -0.000000280. The smallest absolute Gasteiger partial charge is 0.293 e. The highest BCUT2D eigenvalue weighted by molar-refractivity contribution is 5.37. The van der Waals surface area contributed by atoms with Crippen molar-refractivity contribution in [3.63, 3.8) is 0 Å².